The molecule has 0 fully saturated rings. The van der Waals surface area contributed by atoms with Gasteiger partial charge >= 0.3 is 0 Å². The second kappa shape index (κ2) is 7.45. The minimum atomic E-state index is 0.141. The lowest BCUT2D eigenvalue weighted by Crippen LogP contribution is -2.18. The minimum Gasteiger partial charge on any atom is -0.497 e. The summed E-state index contributed by atoms with van der Waals surface area (Å²) in [6.45, 7) is 2.01. The lowest BCUT2D eigenvalue weighted by atomic mass is 9.98. The van der Waals surface area contributed by atoms with Gasteiger partial charge in [0.05, 0.1) is 24.6 Å². The van der Waals surface area contributed by atoms with Crippen LogP contribution in [0.1, 0.15) is 29.2 Å². The number of halogens is 1. The van der Waals surface area contributed by atoms with E-state index >= 15 is 0 Å². The van der Waals surface area contributed by atoms with E-state index in [1.165, 1.54) is 5.56 Å². The fourth-order valence-electron chi connectivity index (χ4n) is 3.37. The molecule has 0 saturated heterocycles. The van der Waals surface area contributed by atoms with Crippen LogP contribution in [0.15, 0.2) is 77.9 Å². The Balaban J connectivity index is 1.74. The highest BCUT2D eigenvalue weighted by atomic mass is 35.5. The number of nitrogens with zero attached hydrogens (tertiary/aromatic N) is 2. The number of hydrogen-bond acceptors (Lipinski definition) is 3. The molecule has 0 bridgehead atoms. The van der Waals surface area contributed by atoms with Crippen molar-refractivity contribution in [3.05, 3.63) is 94.5 Å². The van der Waals surface area contributed by atoms with Crippen LogP contribution in [0.2, 0.25) is 5.02 Å². The van der Waals surface area contributed by atoms with Crippen LogP contribution in [0.25, 0.3) is 0 Å². The normalized spacial score (nSPS) is 16.3. The van der Waals surface area contributed by atoms with E-state index in [1.54, 1.807) is 7.11 Å². The van der Waals surface area contributed by atoms with Gasteiger partial charge in [0.15, 0.2) is 0 Å². The molecule has 0 aromatic heterocycles. The summed E-state index contributed by atoms with van der Waals surface area (Å²) in [6.07, 6.45) is 0.835. The Bertz CT molecular complexity index is 967. The fourth-order valence-corrected chi connectivity index (χ4v) is 3.54. The standard InChI is InChI=1S/C23H21ClN2O/c1-16-8-11-19(14-21(16)24)26-23(18-6-4-3-5-7-18)15-22(25-26)17-9-12-20(27-2)13-10-17/h3-14,23H,15H2,1-2H3/t23-/m1/s1. The monoisotopic (exact) mass is 376 g/mol. The molecule has 1 aliphatic rings. The molecule has 4 heteroatoms. The number of hydrazone groups is 1. The van der Waals surface area contributed by atoms with Crippen molar-refractivity contribution < 1.29 is 4.74 Å². The molecule has 0 aliphatic carbocycles. The summed E-state index contributed by atoms with van der Waals surface area (Å²) in [6, 6.07) is 24.8. The van der Waals surface area contributed by atoms with E-state index in [9.17, 15) is 0 Å². The topological polar surface area (TPSA) is 24.8 Å². The largest absolute Gasteiger partial charge is 0.497 e. The molecule has 0 amide bonds. The molecule has 1 aliphatic heterocycles. The number of hydrogen-bond donors (Lipinski definition) is 0. The zero-order valence-corrected chi connectivity index (χ0v) is 16.1. The molecule has 0 N–H and O–H groups in total. The number of aryl methyl sites for hydroxylation is 1. The molecule has 0 radical (unpaired) electrons. The van der Waals surface area contributed by atoms with Crippen molar-refractivity contribution in [3.8, 4) is 5.75 Å². The predicted molar refractivity (Wildman–Crippen MR) is 112 cm³/mol. The zero-order chi connectivity index (χ0) is 18.8. The van der Waals surface area contributed by atoms with Crippen molar-refractivity contribution in [1.82, 2.24) is 0 Å². The van der Waals surface area contributed by atoms with Crippen molar-refractivity contribution >= 4 is 23.0 Å². The summed E-state index contributed by atoms with van der Waals surface area (Å²) < 4.78 is 5.27. The van der Waals surface area contributed by atoms with E-state index in [2.05, 4.69) is 47.5 Å². The molecular formula is C23H21ClN2O. The van der Waals surface area contributed by atoms with E-state index in [0.29, 0.717) is 0 Å². The molecule has 27 heavy (non-hydrogen) atoms. The van der Waals surface area contributed by atoms with Gasteiger partial charge in [0.2, 0.25) is 0 Å². The van der Waals surface area contributed by atoms with Gasteiger partial charge in [-0.2, -0.15) is 5.10 Å². The van der Waals surface area contributed by atoms with Gasteiger partial charge in [-0.1, -0.05) is 48.0 Å². The molecular weight excluding hydrogens is 356 g/mol. The van der Waals surface area contributed by atoms with Crippen LogP contribution in [0.4, 0.5) is 5.69 Å². The first-order chi connectivity index (χ1) is 13.2. The molecule has 1 heterocycles. The summed E-state index contributed by atoms with van der Waals surface area (Å²) in [5, 5.41) is 7.80. The van der Waals surface area contributed by atoms with Crippen LogP contribution >= 0.6 is 11.6 Å². The Morgan fingerprint density at radius 1 is 1.00 bits per heavy atom. The molecule has 0 unspecified atom stereocenters. The summed E-state index contributed by atoms with van der Waals surface area (Å²) >= 11 is 6.38. The van der Waals surface area contributed by atoms with Crippen LogP contribution < -0.4 is 9.75 Å². The Morgan fingerprint density at radius 2 is 1.74 bits per heavy atom. The van der Waals surface area contributed by atoms with Crippen LogP contribution in [-0.4, -0.2) is 12.8 Å². The van der Waals surface area contributed by atoms with Gasteiger partial charge in [0.1, 0.15) is 5.75 Å². The smallest absolute Gasteiger partial charge is 0.118 e. The molecule has 3 aromatic carbocycles. The van der Waals surface area contributed by atoms with Gasteiger partial charge < -0.3 is 4.74 Å². The first-order valence-corrected chi connectivity index (χ1v) is 9.36. The summed E-state index contributed by atoms with van der Waals surface area (Å²) in [4.78, 5) is 0. The molecule has 0 spiro atoms. The van der Waals surface area contributed by atoms with Crippen LogP contribution in [0, 0.1) is 6.92 Å². The molecule has 3 nitrogen and oxygen atoms in total. The third kappa shape index (κ3) is 3.56. The van der Waals surface area contributed by atoms with Gasteiger partial charge in [-0.05, 0) is 60.0 Å². The van der Waals surface area contributed by atoms with Crippen molar-refractivity contribution in [2.75, 3.05) is 12.1 Å². The maximum Gasteiger partial charge on any atom is 0.118 e. The average molecular weight is 377 g/mol. The van der Waals surface area contributed by atoms with E-state index in [4.69, 9.17) is 21.4 Å². The SMILES string of the molecule is COc1ccc(C2=NN(c3ccc(C)c(Cl)c3)[C@@H](c3ccccc3)C2)cc1. The van der Waals surface area contributed by atoms with Crippen molar-refractivity contribution in [2.45, 2.75) is 19.4 Å². The molecule has 136 valence electrons. The first kappa shape index (κ1) is 17.6. The Kier molecular flexibility index (Phi) is 4.87. The van der Waals surface area contributed by atoms with Gasteiger partial charge in [-0.15, -0.1) is 0 Å². The number of methoxy groups -OCH3 is 1. The lowest BCUT2D eigenvalue weighted by Gasteiger charge is -2.24. The minimum absolute atomic E-state index is 0.141. The highest BCUT2D eigenvalue weighted by Crippen LogP contribution is 2.38. The molecule has 0 saturated carbocycles. The van der Waals surface area contributed by atoms with Crippen LogP contribution in [0.3, 0.4) is 0 Å². The first-order valence-electron chi connectivity index (χ1n) is 8.98. The zero-order valence-electron chi connectivity index (χ0n) is 15.4. The third-order valence-corrected chi connectivity index (χ3v) is 5.35. The summed E-state index contributed by atoms with van der Waals surface area (Å²) in [5.41, 5.74) is 5.47. The van der Waals surface area contributed by atoms with Gasteiger partial charge in [-0.25, -0.2) is 0 Å². The number of ether oxygens (including phenoxy) is 1. The highest BCUT2D eigenvalue weighted by molar-refractivity contribution is 6.31. The maximum atomic E-state index is 6.38. The van der Waals surface area contributed by atoms with E-state index in [1.807, 2.05) is 37.3 Å². The number of anilines is 1. The van der Waals surface area contributed by atoms with E-state index in [0.717, 1.165) is 39.7 Å². The van der Waals surface area contributed by atoms with Crippen LogP contribution in [0.5, 0.6) is 5.75 Å². The average Bonchev–Trinajstić information content (AvgIpc) is 3.16. The Hall–Kier alpha value is -2.78. The van der Waals surface area contributed by atoms with Crippen LogP contribution in [-0.2, 0) is 0 Å². The van der Waals surface area contributed by atoms with Crippen molar-refractivity contribution in [1.29, 1.82) is 0 Å². The predicted octanol–water partition coefficient (Wildman–Crippen LogP) is 6.01. The third-order valence-electron chi connectivity index (χ3n) is 4.94. The van der Waals surface area contributed by atoms with Gasteiger partial charge in [0.25, 0.3) is 0 Å². The van der Waals surface area contributed by atoms with Crippen molar-refractivity contribution in [3.63, 3.8) is 0 Å². The van der Waals surface area contributed by atoms with Gasteiger partial charge in [-0.3, -0.25) is 5.01 Å². The van der Waals surface area contributed by atoms with E-state index in [-0.39, 0.29) is 6.04 Å². The summed E-state index contributed by atoms with van der Waals surface area (Å²) in [5.74, 6) is 0.846. The fraction of sp³-hybridized carbons (Fsp3) is 0.174. The number of benzene rings is 3. The Morgan fingerprint density at radius 3 is 2.41 bits per heavy atom. The number of rotatable bonds is 4. The molecule has 1 atom stereocenters. The Labute approximate surface area is 164 Å². The molecule has 4 rings (SSSR count). The molecule has 3 aromatic rings. The van der Waals surface area contributed by atoms with Gasteiger partial charge in [0, 0.05) is 11.4 Å². The quantitative estimate of drug-likeness (QED) is 0.556. The van der Waals surface area contributed by atoms with Crippen molar-refractivity contribution in [2.24, 2.45) is 5.10 Å². The summed E-state index contributed by atoms with van der Waals surface area (Å²) in [7, 11) is 1.68. The second-order valence-corrected chi connectivity index (χ2v) is 7.09. The van der Waals surface area contributed by atoms with E-state index < -0.39 is 0 Å². The maximum absolute atomic E-state index is 6.38. The lowest BCUT2D eigenvalue weighted by molar-refractivity contribution is 0.415. The second-order valence-electron chi connectivity index (χ2n) is 6.68. The highest BCUT2D eigenvalue weighted by Gasteiger charge is 2.30.